The Hall–Kier alpha value is -3.13. The lowest BCUT2D eigenvalue weighted by Gasteiger charge is -2.12. The zero-order chi connectivity index (χ0) is 19.4. The summed E-state index contributed by atoms with van der Waals surface area (Å²) >= 11 is 5.86. The van der Waals surface area contributed by atoms with Crippen molar-refractivity contribution in [1.29, 1.82) is 0 Å². The molecule has 3 rings (SSSR count). The Labute approximate surface area is 160 Å². The Balaban J connectivity index is 1.87. The van der Waals surface area contributed by atoms with E-state index in [1.165, 1.54) is 26.0 Å². The first-order valence-corrected chi connectivity index (χ1v) is 8.31. The standard InChI is InChI=1S/C18H18ClN3O5/c1-24-14-8-11(9-15(25-2)16(14)26-3)17-21-22(18(23)27-17)10-20-13-6-4-12(19)5-7-13/h4-9,20H,10H2,1-3H3. The highest BCUT2D eigenvalue weighted by Crippen LogP contribution is 2.40. The molecule has 3 aromatic rings. The van der Waals surface area contributed by atoms with Gasteiger partial charge < -0.3 is 23.9 Å². The van der Waals surface area contributed by atoms with Gasteiger partial charge in [0.15, 0.2) is 11.5 Å². The monoisotopic (exact) mass is 391 g/mol. The van der Waals surface area contributed by atoms with Crippen LogP contribution in [0, 0.1) is 0 Å². The fourth-order valence-electron chi connectivity index (χ4n) is 2.46. The first kappa shape index (κ1) is 18.7. The average Bonchev–Trinajstić information content (AvgIpc) is 3.07. The highest BCUT2D eigenvalue weighted by molar-refractivity contribution is 6.30. The van der Waals surface area contributed by atoms with Gasteiger partial charge in [-0.15, -0.1) is 5.10 Å². The minimum Gasteiger partial charge on any atom is -0.493 e. The maximum atomic E-state index is 12.1. The number of anilines is 1. The second-order valence-corrected chi connectivity index (χ2v) is 5.86. The minimum atomic E-state index is -0.597. The summed E-state index contributed by atoms with van der Waals surface area (Å²) < 4.78 is 22.3. The number of hydrogen-bond donors (Lipinski definition) is 1. The summed E-state index contributed by atoms with van der Waals surface area (Å²) in [5, 5.41) is 7.91. The second-order valence-electron chi connectivity index (χ2n) is 5.43. The van der Waals surface area contributed by atoms with E-state index in [4.69, 9.17) is 30.2 Å². The van der Waals surface area contributed by atoms with Gasteiger partial charge in [0.2, 0.25) is 11.6 Å². The lowest BCUT2D eigenvalue weighted by molar-refractivity contribution is 0.324. The number of aromatic nitrogens is 2. The third-order valence-corrected chi connectivity index (χ3v) is 4.05. The number of methoxy groups -OCH3 is 3. The zero-order valence-electron chi connectivity index (χ0n) is 15.0. The molecule has 0 spiro atoms. The topological polar surface area (TPSA) is 87.8 Å². The van der Waals surface area contributed by atoms with Gasteiger partial charge in [-0.3, -0.25) is 0 Å². The first-order valence-electron chi connectivity index (χ1n) is 7.93. The Morgan fingerprint density at radius 2 is 1.70 bits per heavy atom. The van der Waals surface area contributed by atoms with Crippen molar-refractivity contribution in [1.82, 2.24) is 9.78 Å². The van der Waals surface area contributed by atoms with E-state index in [9.17, 15) is 4.79 Å². The van der Waals surface area contributed by atoms with E-state index in [1.807, 2.05) is 0 Å². The van der Waals surface area contributed by atoms with Crippen LogP contribution < -0.4 is 25.3 Å². The molecule has 0 saturated carbocycles. The van der Waals surface area contributed by atoms with Crippen LogP contribution in [0.5, 0.6) is 17.2 Å². The van der Waals surface area contributed by atoms with Crippen molar-refractivity contribution in [3.8, 4) is 28.7 Å². The number of ether oxygens (including phenoxy) is 3. The number of nitrogens with zero attached hydrogens (tertiary/aromatic N) is 2. The molecular weight excluding hydrogens is 374 g/mol. The molecule has 0 radical (unpaired) electrons. The molecule has 1 heterocycles. The summed E-state index contributed by atoms with van der Waals surface area (Å²) in [6.07, 6.45) is 0. The van der Waals surface area contributed by atoms with Gasteiger partial charge in [0.1, 0.15) is 6.67 Å². The van der Waals surface area contributed by atoms with Crippen molar-refractivity contribution in [3.05, 3.63) is 52.0 Å². The summed E-state index contributed by atoms with van der Waals surface area (Å²) in [6, 6.07) is 10.4. The lowest BCUT2D eigenvalue weighted by Crippen LogP contribution is -2.20. The summed E-state index contributed by atoms with van der Waals surface area (Å²) in [5.74, 6) is 0.846. The molecule has 8 nitrogen and oxygen atoms in total. The maximum absolute atomic E-state index is 12.1. The first-order chi connectivity index (χ1) is 13.0. The van der Waals surface area contributed by atoms with Crippen LogP contribution in [0.4, 0.5) is 5.69 Å². The molecule has 1 aromatic heterocycles. The summed E-state index contributed by atoms with van der Waals surface area (Å²) in [7, 11) is 4.52. The van der Waals surface area contributed by atoms with Gasteiger partial charge in [-0.05, 0) is 36.4 Å². The molecular formula is C18H18ClN3O5. The Morgan fingerprint density at radius 1 is 1.07 bits per heavy atom. The van der Waals surface area contributed by atoms with E-state index in [-0.39, 0.29) is 12.6 Å². The molecule has 0 bridgehead atoms. The van der Waals surface area contributed by atoms with Crippen molar-refractivity contribution in [3.63, 3.8) is 0 Å². The highest BCUT2D eigenvalue weighted by Gasteiger charge is 2.18. The van der Waals surface area contributed by atoms with Crippen molar-refractivity contribution in [2.45, 2.75) is 6.67 Å². The van der Waals surface area contributed by atoms with Gasteiger partial charge in [0.25, 0.3) is 0 Å². The van der Waals surface area contributed by atoms with E-state index < -0.39 is 5.76 Å². The third kappa shape index (κ3) is 4.01. The van der Waals surface area contributed by atoms with Crippen LogP contribution in [0.3, 0.4) is 0 Å². The molecule has 0 unspecified atom stereocenters. The van der Waals surface area contributed by atoms with Gasteiger partial charge in [0.05, 0.1) is 21.3 Å². The predicted octanol–water partition coefficient (Wildman–Crippen LogP) is 3.25. The number of rotatable bonds is 7. The minimum absolute atomic E-state index is 0.133. The summed E-state index contributed by atoms with van der Waals surface area (Å²) in [4.78, 5) is 12.1. The largest absolute Gasteiger partial charge is 0.493 e. The molecule has 0 aliphatic heterocycles. The molecule has 0 atom stereocenters. The fourth-order valence-corrected chi connectivity index (χ4v) is 2.59. The molecule has 0 saturated heterocycles. The zero-order valence-corrected chi connectivity index (χ0v) is 15.7. The quantitative estimate of drug-likeness (QED) is 0.661. The van der Waals surface area contributed by atoms with Crippen molar-refractivity contribution >= 4 is 17.3 Å². The van der Waals surface area contributed by atoms with E-state index in [2.05, 4.69) is 10.4 Å². The Morgan fingerprint density at radius 3 is 2.26 bits per heavy atom. The number of nitrogens with one attached hydrogen (secondary N) is 1. The molecule has 0 aliphatic carbocycles. The van der Waals surface area contributed by atoms with E-state index in [0.717, 1.165) is 5.69 Å². The smallest absolute Gasteiger partial charge is 0.439 e. The second kappa shape index (κ2) is 8.05. The van der Waals surface area contributed by atoms with Gasteiger partial charge in [0, 0.05) is 16.3 Å². The van der Waals surface area contributed by atoms with Crippen LogP contribution in [-0.2, 0) is 6.67 Å². The average molecular weight is 392 g/mol. The molecule has 0 amide bonds. The van der Waals surface area contributed by atoms with Gasteiger partial charge in [-0.2, -0.15) is 4.68 Å². The van der Waals surface area contributed by atoms with Crippen LogP contribution in [0.25, 0.3) is 11.5 Å². The van der Waals surface area contributed by atoms with Gasteiger partial charge >= 0.3 is 5.76 Å². The number of hydrogen-bond acceptors (Lipinski definition) is 7. The van der Waals surface area contributed by atoms with Gasteiger partial charge in [-0.1, -0.05) is 11.6 Å². The molecule has 2 aromatic carbocycles. The van der Waals surface area contributed by atoms with Crippen LogP contribution in [0.1, 0.15) is 0 Å². The van der Waals surface area contributed by atoms with E-state index in [0.29, 0.717) is 27.8 Å². The molecule has 27 heavy (non-hydrogen) atoms. The summed E-state index contributed by atoms with van der Waals surface area (Å²) in [5.41, 5.74) is 1.32. The Kier molecular flexibility index (Phi) is 5.56. The van der Waals surface area contributed by atoms with E-state index >= 15 is 0 Å². The summed E-state index contributed by atoms with van der Waals surface area (Å²) in [6.45, 7) is 0.133. The maximum Gasteiger partial charge on any atom is 0.439 e. The molecule has 1 N–H and O–H groups in total. The normalized spacial score (nSPS) is 10.5. The Bertz CT molecular complexity index is 956. The third-order valence-electron chi connectivity index (χ3n) is 3.80. The van der Waals surface area contributed by atoms with Crippen molar-refractivity contribution < 1.29 is 18.6 Å². The van der Waals surface area contributed by atoms with Crippen LogP contribution in [0.2, 0.25) is 5.02 Å². The molecule has 9 heteroatoms. The number of halogens is 1. The van der Waals surface area contributed by atoms with Gasteiger partial charge in [-0.25, -0.2) is 4.79 Å². The van der Waals surface area contributed by atoms with Crippen LogP contribution >= 0.6 is 11.6 Å². The predicted molar refractivity (Wildman–Crippen MR) is 101 cm³/mol. The number of benzene rings is 2. The molecule has 0 fully saturated rings. The SMILES string of the molecule is COc1cc(-c2nn(CNc3ccc(Cl)cc3)c(=O)o2)cc(OC)c1OC. The molecule has 142 valence electrons. The van der Waals surface area contributed by atoms with Crippen molar-refractivity contribution in [2.24, 2.45) is 0 Å². The van der Waals surface area contributed by atoms with Crippen molar-refractivity contribution in [2.75, 3.05) is 26.6 Å². The lowest BCUT2D eigenvalue weighted by atomic mass is 10.2. The fraction of sp³-hybridized carbons (Fsp3) is 0.222. The van der Waals surface area contributed by atoms with Crippen LogP contribution in [0.15, 0.2) is 45.6 Å². The molecule has 0 aliphatic rings. The van der Waals surface area contributed by atoms with Crippen LogP contribution in [-0.4, -0.2) is 31.1 Å². The highest BCUT2D eigenvalue weighted by atomic mass is 35.5. The van der Waals surface area contributed by atoms with E-state index in [1.54, 1.807) is 36.4 Å².